The third-order valence-electron chi connectivity index (χ3n) is 3.74. The van der Waals surface area contributed by atoms with Gasteiger partial charge in [-0.1, -0.05) is 6.07 Å². The first-order valence-electron chi connectivity index (χ1n) is 6.72. The lowest BCUT2D eigenvalue weighted by atomic mass is 10.1. The van der Waals surface area contributed by atoms with Crippen LogP contribution in [0.5, 0.6) is 0 Å². The number of benzene rings is 1. The molecule has 1 saturated heterocycles. The van der Waals surface area contributed by atoms with Gasteiger partial charge in [0.05, 0.1) is 11.5 Å². The number of aliphatic hydroxyl groups is 1. The van der Waals surface area contributed by atoms with Gasteiger partial charge in [-0.15, -0.1) is 0 Å². The fourth-order valence-electron chi connectivity index (χ4n) is 2.32. The van der Waals surface area contributed by atoms with Crippen molar-refractivity contribution in [2.24, 2.45) is 5.92 Å². The van der Waals surface area contributed by atoms with E-state index in [9.17, 15) is 13.5 Å². The summed E-state index contributed by atoms with van der Waals surface area (Å²) in [5.74, 6) is 2.57. The number of rotatable bonds is 5. The molecule has 0 bridgehead atoms. The van der Waals surface area contributed by atoms with Crippen LogP contribution in [0.25, 0.3) is 0 Å². The third kappa shape index (κ3) is 3.55. The summed E-state index contributed by atoms with van der Waals surface area (Å²) in [4.78, 5) is 0.284. The van der Waals surface area contributed by atoms with Gasteiger partial charge in [-0.3, -0.25) is 0 Å². The van der Waals surface area contributed by atoms with Gasteiger partial charge < -0.3 is 5.11 Å². The number of hydrogen-bond donors (Lipinski definition) is 2. The normalized spacial score (nSPS) is 19.4. The highest BCUT2D eigenvalue weighted by Crippen LogP contribution is 2.24. The summed E-state index contributed by atoms with van der Waals surface area (Å²) < 4.78 is 27.6. The zero-order chi connectivity index (χ0) is 14.8. The van der Waals surface area contributed by atoms with Crippen molar-refractivity contribution in [1.82, 2.24) is 4.72 Å². The molecule has 1 aliphatic heterocycles. The van der Waals surface area contributed by atoms with E-state index in [1.54, 1.807) is 13.0 Å². The summed E-state index contributed by atoms with van der Waals surface area (Å²) in [7, 11) is -3.50. The minimum Gasteiger partial charge on any atom is -0.392 e. The molecule has 4 nitrogen and oxygen atoms in total. The van der Waals surface area contributed by atoms with Gasteiger partial charge >= 0.3 is 0 Å². The lowest BCUT2D eigenvalue weighted by Crippen LogP contribution is -2.30. The second-order valence-electron chi connectivity index (χ2n) is 5.28. The number of hydrogen-bond acceptors (Lipinski definition) is 4. The molecule has 1 aliphatic rings. The van der Waals surface area contributed by atoms with Crippen molar-refractivity contribution in [3.8, 4) is 0 Å². The van der Waals surface area contributed by atoms with Crippen LogP contribution in [0.2, 0.25) is 0 Å². The summed E-state index contributed by atoms with van der Waals surface area (Å²) in [5, 5.41) is 9.23. The molecule has 0 aromatic heterocycles. The molecule has 0 saturated carbocycles. The lowest BCUT2D eigenvalue weighted by Gasteiger charge is -2.14. The van der Waals surface area contributed by atoms with Crippen molar-refractivity contribution in [2.45, 2.75) is 31.8 Å². The number of aryl methyl sites for hydroxylation is 1. The van der Waals surface area contributed by atoms with Crippen LogP contribution < -0.4 is 4.72 Å². The van der Waals surface area contributed by atoms with Crippen molar-refractivity contribution in [2.75, 3.05) is 18.1 Å². The minimum absolute atomic E-state index is 0.150. The average Bonchev–Trinajstić information content (AvgIpc) is 2.92. The van der Waals surface area contributed by atoms with Crippen LogP contribution in [-0.2, 0) is 16.6 Å². The third-order valence-corrected chi connectivity index (χ3v) is 6.52. The van der Waals surface area contributed by atoms with Crippen LogP contribution in [0.15, 0.2) is 17.0 Å². The summed E-state index contributed by atoms with van der Waals surface area (Å²) in [5.41, 5.74) is 2.26. The van der Waals surface area contributed by atoms with E-state index in [1.807, 2.05) is 24.8 Å². The maximum Gasteiger partial charge on any atom is 0.240 e. The Morgan fingerprint density at radius 2 is 2.15 bits per heavy atom. The van der Waals surface area contributed by atoms with E-state index in [1.165, 1.54) is 0 Å². The van der Waals surface area contributed by atoms with E-state index in [0.717, 1.165) is 29.1 Å². The number of thioether (sulfide) groups is 1. The molecule has 2 rings (SSSR count). The van der Waals surface area contributed by atoms with Crippen molar-refractivity contribution in [3.05, 3.63) is 28.8 Å². The SMILES string of the molecule is Cc1cc(CO)cc(S(=O)(=O)NCC2CCSC2)c1C. The van der Waals surface area contributed by atoms with Crippen molar-refractivity contribution in [1.29, 1.82) is 0 Å². The molecular weight excluding hydrogens is 294 g/mol. The monoisotopic (exact) mass is 315 g/mol. The molecule has 0 spiro atoms. The lowest BCUT2D eigenvalue weighted by molar-refractivity contribution is 0.281. The van der Waals surface area contributed by atoms with Crippen LogP contribution in [-0.4, -0.2) is 31.6 Å². The first-order chi connectivity index (χ1) is 9.44. The van der Waals surface area contributed by atoms with E-state index in [0.29, 0.717) is 18.0 Å². The number of nitrogens with one attached hydrogen (secondary N) is 1. The van der Waals surface area contributed by atoms with Crippen LogP contribution in [0.4, 0.5) is 0 Å². The maximum atomic E-state index is 12.4. The predicted molar refractivity (Wildman–Crippen MR) is 82.5 cm³/mol. The quantitative estimate of drug-likeness (QED) is 0.870. The highest BCUT2D eigenvalue weighted by atomic mass is 32.2. The molecule has 6 heteroatoms. The Morgan fingerprint density at radius 3 is 2.75 bits per heavy atom. The van der Waals surface area contributed by atoms with Crippen LogP contribution in [0.3, 0.4) is 0 Å². The largest absolute Gasteiger partial charge is 0.392 e. The molecule has 1 unspecified atom stereocenters. The molecule has 1 fully saturated rings. The average molecular weight is 315 g/mol. The summed E-state index contributed by atoms with van der Waals surface area (Å²) in [6.45, 7) is 4.01. The van der Waals surface area contributed by atoms with Crippen molar-refractivity contribution < 1.29 is 13.5 Å². The Morgan fingerprint density at radius 1 is 1.40 bits per heavy atom. The molecular formula is C14H21NO3S2. The van der Waals surface area contributed by atoms with E-state index in [2.05, 4.69) is 4.72 Å². The number of sulfonamides is 1. The zero-order valence-electron chi connectivity index (χ0n) is 11.8. The van der Waals surface area contributed by atoms with E-state index in [-0.39, 0.29) is 11.5 Å². The van der Waals surface area contributed by atoms with Crippen LogP contribution >= 0.6 is 11.8 Å². The Bertz CT molecular complexity index is 578. The first-order valence-corrected chi connectivity index (χ1v) is 9.36. The molecule has 1 atom stereocenters. The predicted octanol–water partition coefficient (Wildman–Crippen LogP) is 1.83. The van der Waals surface area contributed by atoms with Gasteiger partial charge in [-0.2, -0.15) is 11.8 Å². The second-order valence-corrected chi connectivity index (χ2v) is 8.16. The van der Waals surface area contributed by atoms with Crippen molar-refractivity contribution in [3.63, 3.8) is 0 Å². The molecule has 2 N–H and O–H groups in total. The second kappa shape index (κ2) is 6.47. The van der Waals surface area contributed by atoms with E-state index < -0.39 is 10.0 Å². The van der Waals surface area contributed by atoms with Gasteiger partial charge in [0, 0.05) is 6.54 Å². The smallest absolute Gasteiger partial charge is 0.240 e. The van der Waals surface area contributed by atoms with Gasteiger partial charge in [-0.25, -0.2) is 13.1 Å². The van der Waals surface area contributed by atoms with E-state index in [4.69, 9.17) is 0 Å². The minimum atomic E-state index is -3.50. The molecule has 0 radical (unpaired) electrons. The van der Waals surface area contributed by atoms with Crippen molar-refractivity contribution >= 4 is 21.8 Å². The Labute approximate surface area is 125 Å². The molecule has 0 aliphatic carbocycles. The Balaban J connectivity index is 2.21. The van der Waals surface area contributed by atoms with Gasteiger partial charge in [0.2, 0.25) is 10.0 Å². The summed E-state index contributed by atoms with van der Waals surface area (Å²) >= 11 is 1.87. The topological polar surface area (TPSA) is 66.4 Å². The standard InChI is InChI=1S/C14H21NO3S2/c1-10-5-13(8-16)6-14(11(10)2)20(17,18)15-7-12-3-4-19-9-12/h5-6,12,15-16H,3-4,7-9H2,1-2H3. The van der Waals surface area contributed by atoms with Crippen LogP contribution in [0, 0.1) is 19.8 Å². The Hall–Kier alpha value is -0.560. The fraction of sp³-hybridized carbons (Fsp3) is 0.571. The summed E-state index contributed by atoms with van der Waals surface area (Å²) in [6, 6.07) is 3.38. The molecule has 0 amide bonds. The van der Waals surface area contributed by atoms with Gasteiger partial charge in [-0.05, 0) is 60.4 Å². The fourth-order valence-corrected chi connectivity index (χ4v) is 5.08. The molecule has 20 heavy (non-hydrogen) atoms. The first kappa shape index (κ1) is 15.8. The highest BCUT2D eigenvalue weighted by molar-refractivity contribution is 7.99. The maximum absolute atomic E-state index is 12.4. The van der Waals surface area contributed by atoms with E-state index >= 15 is 0 Å². The molecule has 1 heterocycles. The molecule has 112 valence electrons. The zero-order valence-corrected chi connectivity index (χ0v) is 13.5. The summed E-state index contributed by atoms with van der Waals surface area (Å²) in [6.07, 6.45) is 1.07. The number of aliphatic hydroxyl groups excluding tert-OH is 1. The molecule has 1 aromatic carbocycles. The van der Waals surface area contributed by atoms with Gasteiger partial charge in [0.25, 0.3) is 0 Å². The Kier molecular flexibility index (Phi) is 5.12. The van der Waals surface area contributed by atoms with Gasteiger partial charge in [0.15, 0.2) is 0 Å². The molecule has 1 aromatic rings. The van der Waals surface area contributed by atoms with Crippen LogP contribution in [0.1, 0.15) is 23.1 Å². The van der Waals surface area contributed by atoms with Gasteiger partial charge in [0.1, 0.15) is 0 Å². The highest BCUT2D eigenvalue weighted by Gasteiger charge is 2.22.